The summed E-state index contributed by atoms with van der Waals surface area (Å²) in [6.45, 7) is 6.39. The number of fused-ring (bicyclic) bond motifs is 1. The molecule has 8 nitrogen and oxygen atoms in total. The van der Waals surface area contributed by atoms with Crippen molar-refractivity contribution in [1.82, 2.24) is 5.43 Å². The summed E-state index contributed by atoms with van der Waals surface area (Å²) in [5.41, 5.74) is 3.19. The zero-order valence-corrected chi connectivity index (χ0v) is 20.2. The number of hydrogen-bond donors (Lipinski definition) is 1. The normalized spacial score (nSPS) is 12.1. The molecule has 1 N–H and O–H groups in total. The number of nitro groups is 1. The monoisotopic (exact) mass is 519 g/mol. The Balaban J connectivity index is 1.75. The number of non-ortho nitro benzene ring substituents is 1. The van der Waals surface area contributed by atoms with Crippen LogP contribution in [0.25, 0.3) is 10.1 Å². The van der Waals surface area contributed by atoms with Crippen molar-refractivity contribution < 1.29 is 19.2 Å². The molecule has 0 fully saturated rings. The molecule has 0 radical (unpaired) electrons. The maximum absolute atomic E-state index is 12.5. The molecule has 0 spiro atoms. The van der Waals surface area contributed by atoms with Gasteiger partial charge in [0.25, 0.3) is 11.6 Å². The molecule has 0 aliphatic heterocycles. The molecule has 32 heavy (non-hydrogen) atoms. The molecule has 1 atom stereocenters. The number of nitro benzene ring substituents is 1. The molecule has 3 rings (SSSR count). The van der Waals surface area contributed by atoms with E-state index in [1.807, 2.05) is 26.8 Å². The minimum absolute atomic E-state index is 0.0169. The average molecular weight is 520 g/mol. The van der Waals surface area contributed by atoms with Crippen molar-refractivity contribution in [3.63, 3.8) is 0 Å². The highest BCUT2D eigenvalue weighted by Gasteiger charge is 2.15. The molecule has 10 heteroatoms. The van der Waals surface area contributed by atoms with Gasteiger partial charge in [0, 0.05) is 22.2 Å². The van der Waals surface area contributed by atoms with Gasteiger partial charge in [0.05, 0.1) is 33.2 Å². The number of carbonyl (C=O) groups is 1. The lowest BCUT2D eigenvalue weighted by Crippen LogP contribution is -2.16. The molecular weight excluding hydrogens is 498 g/mol. The molecule has 1 heterocycles. The van der Waals surface area contributed by atoms with Crippen molar-refractivity contribution in [3.05, 3.63) is 61.4 Å². The van der Waals surface area contributed by atoms with E-state index in [9.17, 15) is 14.9 Å². The number of benzene rings is 2. The second-order valence-corrected chi connectivity index (χ2v) is 8.83. The topological polar surface area (TPSA) is 103 Å². The van der Waals surface area contributed by atoms with Crippen LogP contribution >= 0.6 is 27.3 Å². The van der Waals surface area contributed by atoms with Crippen molar-refractivity contribution in [2.45, 2.75) is 33.3 Å². The van der Waals surface area contributed by atoms with Crippen molar-refractivity contribution >= 4 is 55.2 Å². The van der Waals surface area contributed by atoms with Gasteiger partial charge in [0.1, 0.15) is 0 Å². The van der Waals surface area contributed by atoms with Crippen molar-refractivity contribution in [2.75, 3.05) is 6.61 Å². The number of thiophene rings is 1. The number of ether oxygens (including phenoxy) is 2. The fourth-order valence-corrected chi connectivity index (χ4v) is 4.29. The van der Waals surface area contributed by atoms with Crippen LogP contribution in [0.15, 0.2) is 46.0 Å². The van der Waals surface area contributed by atoms with E-state index in [0.29, 0.717) is 33.9 Å². The number of halogens is 1. The van der Waals surface area contributed by atoms with Crippen molar-refractivity contribution in [1.29, 1.82) is 0 Å². The third-order valence-electron chi connectivity index (χ3n) is 4.54. The Morgan fingerprint density at radius 2 is 2.09 bits per heavy atom. The summed E-state index contributed by atoms with van der Waals surface area (Å²) in [4.78, 5) is 23.3. The minimum atomic E-state index is -0.463. The van der Waals surface area contributed by atoms with Gasteiger partial charge >= 0.3 is 0 Å². The van der Waals surface area contributed by atoms with Gasteiger partial charge < -0.3 is 9.47 Å². The third-order valence-corrected chi connectivity index (χ3v) is 6.24. The predicted molar refractivity (Wildman–Crippen MR) is 129 cm³/mol. The molecule has 168 valence electrons. The quantitative estimate of drug-likeness (QED) is 0.215. The summed E-state index contributed by atoms with van der Waals surface area (Å²) >= 11 is 4.76. The lowest BCUT2D eigenvalue weighted by molar-refractivity contribution is -0.384. The second kappa shape index (κ2) is 10.6. The number of nitrogens with zero attached hydrogens (tertiary/aromatic N) is 2. The fraction of sp³-hybridized carbons (Fsp3) is 0.273. The van der Waals surface area contributed by atoms with Crippen LogP contribution in [0.4, 0.5) is 5.69 Å². The summed E-state index contributed by atoms with van der Waals surface area (Å²) in [6, 6.07) is 9.73. The molecule has 1 amide bonds. The van der Waals surface area contributed by atoms with Gasteiger partial charge in [-0.1, -0.05) is 6.92 Å². The molecule has 0 aliphatic carbocycles. The molecule has 0 saturated carbocycles. The van der Waals surface area contributed by atoms with E-state index in [2.05, 4.69) is 26.5 Å². The van der Waals surface area contributed by atoms with E-state index in [4.69, 9.17) is 9.47 Å². The van der Waals surface area contributed by atoms with Crippen LogP contribution < -0.4 is 14.9 Å². The Morgan fingerprint density at radius 3 is 2.78 bits per heavy atom. The van der Waals surface area contributed by atoms with E-state index >= 15 is 0 Å². The molecule has 0 unspecified atom stereocenters. The lowest BCUT2D eigenvalue weighted by Gasteiger charge is -2.18. The average Bonchev–Trinajstić information content (AvgIpc) is 3.19. The van der Waals surface area contributed by atoms with Gasteiger partial charge in [-0.15, -0.1) is 11.3 Å². The van der Waals surface area contributed by atoms with Gasteiger partial charge in [-0.2, -0.15) is 5.10 Å². The first kappa shape index (κ1) is 23.7. The molecule has 1 aromatic heterocycles. The maximum Gasteiger partial charge on any atom is 0.281 e. The summed E-state index contributed by atoms with van der Waals surface area (Å²) in [7, 11) is 0. The number of rotatable bonds is 9. The number of carbonyl (C=O) groups excluding carboxylic acids is 1. The van der Waals surface area contributed by atoms with E-state index in [-0.39, 0.29) is 11.8 Å². The number of nitrogens with one attached hydrogen (secondary N) is 1. The Labute approximate surface area is 197 Å². The Bertz CT molecular complexity index is 1180. The number of hydrazone groups is 1. The molecule has 2 aromatic carbocycles. The van der Waals surface area contributed by atoms with E-state index in [0.717, 1.165) is 15.6 Å². The van der Waals surface area contributed by atoms with E-state index in [1.54, 1.807) is 18.2 Å². The van der Waals surface area contributed by atoms with Crippen LogP contribution in [0, 0.1) is 10.1 Å². The van der Waals surface area contributed by atoms with Crippen LogP contribution in [0.2, 0.25) is 0 Å². The smallest absolute Gasteiger partial charge is 0.281 e. The van der Waals surface area contributed by atoms with Gasteiger partial charge in [0.2, 0.25) is 0 Å². The maximum atomic E-state index is 12.5. The SMILES string of the molecule is CCOc1cc(/C=N\NC(=O)c2cc3cc([N+](=O)[O-])ccc3s2)cc(Br)c1O[C@H](C)CC. The van der Waals surface area contributed by atoms with Gasteiger partial charge in [0.15, 0.2) is 11.5 Å². The summed E-state index contributed by atoms with van der Waals surface area (Å²) in [5.74, 6) is 0.814. The highest BCUT2D eigenvalue weighted by molar-refractivity contribution is 9.10. The number of amides is 1. The zero-order valence-electron chi connectivity index (χ0n) is 17.8. The molecular formula is C22H22BrN3O5S. The second-order valence-electron chi connectivity index (χ2n) is 6.89. The minimum Gasteiger partial charge on any atom is -0.490 e. The first-order valence-electron chi connectivity index (χ1n) is 9.96. The van der Waals surface area contributed by atoms with Gasteiger partial charge in [-0.25, -0.2) is 5.43 Å². The van der Waals surface area contributed by atoms with Crippen LogP contribution in [0.3, 0.4) is 0 Å². The summed E-state index contributed by atoms with van der Waals surface area (Å²) in [5, 5.41) is 15.6. The molecule has 0 aliphatic rings. The summed E-state index contributed by atoms with van der Waals surface area (Å²) in [6.07, 6.45) is 2.40. The Kier molecular flexibility index (Phi) is 7.81. The van der Waals surface area contributed by atoms with E-state index < -0.39 is 10.8 Å². The van der Waals surface area contributed by atoms with Crippen LogP contribution in [0.5, 0.6) is 11.5 Å². The molecule has 0 saturated heterocycles. The third kappa shape index (κ3) is 5.63. The van der Waals surface area contributed by atoms with Crippen molar-refractivity contribution in [2.24, 2.45) is 5.10 Å². The number of hydrogen-bond acceptors (Lipinski definition) is 7. The molecule has 0 bridgehead atoms. The highest BCUT2D eigenvalue weighted by Crippen LogP contribution is 2.37. The zero-order chi connectivity index (χ0) is 23.3. The highest BCUT2D eigenvalue weighted by atomic mass is 79.9. The summed E-state index contributed by atoms with van der Waals surface area (Å²) < 4.78 is 13.2. The standard InChI is InChI=1S/C22H22BrN3O5S/c1-4-13(3)31-21-17(23)8-14(9-18(21)30-5-2)12-24-25-22(27)20-11-15-10-16(26(28)29)6-7-19(15)32-20/h6-13H,4-5H2,1-3H3,(H,25,27)/b24-12-/t13-/m1/s1. The Hall–Kier alpha value is -2.98. The molecule has 3 aromatic rings. The first-order valence-corrected chi connectivity index (χ1v) is 11.6. The lowest BCUT2D eigenvalue weighted by atomic mass is 10.2. The largest absolute Gasteiger partial charge is 0.490 e. The van der Waals surface area contributed by atoms with Crippen LogP contribution in [-0.4, -0.2) is 29.8 Å². The van der Waals surface area contributed by atoms with Crippen molar-refractivity contribution in [3.8, 4) is 11.5 Å². The van der Waals surface area contributed by atoms with E-state index in [1.165, 1.54) is 29.7 Å². The van der Waals surface area contributed by atoms with Crippen LogP contribution in [0.1, 0.15) is 42.4 Å². The Morgan fingerprint density at radius 1 is 1.31 bits per heavy atom. The first-order chi connectivity index (χ1) is 15.3. The van der Waals surface area contributed by atoms with Crippen LogP contribution in [-0.2, 0) is 0 Å². The van der Waals surface area contributed by atoms with Gasteiger partial charge in [-0.05, 0) is 66.0 Å². The van der Waals surface area contributed by atoms with Gasteiger partial charge in [-0.3, -0.25) is 14.9 Å². The predicted octanol–water partition coefficient (Wildman–Crippen LogP) is 5.91. The fourth-order valence-electron chi connectivity index (χ4n) is 2.80.